The molecule has 0 atom stereocenters. The first-order valence-electron chi connectivity index (χ1n) is 10.6. The van der Waals surface area contributed by atoms with Crippen LogP contribution in [0.3, 0.4) is 0 Å². The highest BCUT2D eigenvalue weighted by Gasteiger charge is 2.27. The van der Waals surface area contributed by atoms with Gasteiger partial charge in [-0.25, -0.2) is 0 Å². The van der Waals surface area contributed by atoms with E-state index in [0.29, 0.717) is 12.1 Å². The van der Waals surface area contributed by atoms with Gasteiger partial charge in [-0.1, -0.05) is 30.3 Å². The van der Waals surface area contributed by atoms with E-state index < -0.39 is 0 Å². The molecule has 2 aromatic rings. The Bertz CT molecular complexity index is 836. The summed E-state index contributed by atoms with van der Waals surface area (Å²) in [6, 6.07) is 9.44. The number of hydrogen-bond donors (Lipinski definition) is 2. The molecule has 1 fully saturated rings. The quantitative estimate of drug-likeness (QED) is 0.761. The third-order valence-electron chi connectivity index (χ3n) is 5.91. The monoisotopic (exact) mass is 397 g/mol. The molecule has 2 N–H and O–H groups in total. The average molecular weight is 398 g/mol. The second-order valence-electron chi connectivity index (χ2n) is 8.00. The minimum Gasteiger partial charge on any atom is -0.327 e. The lowest BCUT2D eigenvalue weighted by Gasteiger charge is -2.16. The molecule has 1 aliphatic heterocycles. The van der Waals surface area contributed by atoms with Crippen LogP contribution >= 0.6 is 11.3 Å². The molecule has 28 heavy (non-hydrogen) atoms. The largest absolute Gasteiger partial charge is 0.327 e. The summed E-state index contributed by atoms with van der Waals surface area (Å²) >= 11 is 1.62. The number of carbonyl (C=O) groups excluding carboxylic acids is 2. The van der Waals surface area contributed by atoms with Crippen LogP contribution in [0.2, 0.25) is 0 Å². The Morgan fingerprint density at radius 1 is 0.929 bits per heavy atom. The first-order valence-corrected chi connectivity index (χ1v) is 11.4. The lowest BCUT2D eigenvalue weighted by molar-refractivity contribution is -0.890. The second kappa shape index (κ2) is 9.01. The molecule has 0 unspecified atom stereocenters. The number of hydrogen-bond acceptors (Lipinski definition) is 3. The number of quaternary nitrogens is 1. The third-order valence-corrected chi connectivity index (χ3v) is 7.12. The fourth-order valence-corrected chi connectivity index (χ4v) is 5.73. The van der Waals surface area contributed by atoms with E-state index in [9.17, 15) is 9.59 Å². The SMILES string of the molecule is O=C(C[NH+]1CCCCCC1)Nc1sc2c(c1C(=O)c1ccccc1)CCCC2. The maximum Gasteiger partial charge on any atom is 0.280 e. The van der Waals surface area contributed by atoms with Crippen LogP contribution in [0.1, 0.15) is 64.9 Å². The first-order chi connectivity index (χ1) is 13.7. The van der Waals surface area contributed by atoms with Gasteiger partial charge in [-0.2, -0.15) is 0 Å². The van der Waals surface area contributed by atoms with Crippen molar-refractivity contribution < 1.29 is 14.5 Å². The minimum absolute atomic E-state index is 0.0393. The van der Waals surface area contributed by atoms with Gasteiger partial charge in [-0.3, -0.25) is 9.59 Å². The summed E-state index contributed by atoms with van der Waals surface area (Å²) < 4.78 is 0. The lowest BCUT2D eigenvalue weighted by atomic mass is 9.92. The Morgan fingerprint density at radius 3 is 2.39 bits per heavy atom. The summed E-state index contributed by atoms with van der Waals surface area (Å²) in [7, 11) is 0. The van der Waals surface area contributed by atoms with Crippen LogP contribution in [0.15, 0.2) is 30.3 Å². The number of thiophene rings is 1. The highest BCUT2D eigenvalue weighted by molar-refractivity contribution is 7.17. The number of rotatable bonds is 5. The molecule has 1 aliphatic carbocycles. The zero-order valence-electron chi connectivity index (χ0n) is 16.4. The van der Waals surface area contributed by atoms with E-state index in [0.717, 1.165) is 49.3 Å². The number of fused-ring (bicyclic) bond motifs is 1. The summed E-state index contributed by atoms with van der Waals surface area (Å²) in [5.74, 6) is 0.0787. The molecular formula is C23H29N2O2S+. The van der Waals surface area contributed by atoms with E-state index in [2.05, 4.69) is 5.32 Å². The van der Waals surface area contributed by atoms with Crippen LogP contribution in [0.25, 0.3) is 0 Å². The Morgan fingerprint density at radius 2 is 1.64 bits per heavy atom. The Hall–Kier alpha value is -1.98. The van der Waals surface area contributed by atoms with Crippen molar-refractivity contribution in [3.8, 4) is 0 Å². The molecule has 1 aromatic heterocycles. The van der Waals surface area contributed by atoms with Crippen LogP contribution in [0.4, 0.5) is 5.00 Å². The molecule has 0 bridgehead atoms. The van der Waals surface area contributed by atoms with Gasteiger partial charge in [0.25, 0.3) is 5.91 Å². The van der Waals surface area contributed by atoms with Gasteiger partial charge in [0, 0.05) is 10.4 Å². The number of amides is 1. The van der Waals surface area contributed by atoms with Gasteiger partial charge < -0.3 is 10.2 Å². The van der Waals surface area contributed by atoms with E-state index in [-0.39, 0.29) is 11.7 Å². The summed E-state index contributed by atoms with van der Waals surface area (Å²) in [5.41, 5.74) is 2.61. The molecule has 5 heteroatoms. The highest BCUT2D eigenvalue weighted by Crippen LogP contribution is 2.39. The summed E-state index contributed by atoms with van der Waals surface area (Å²) in [6.45, 7) is 2.65. The van der Waals surface area contributed by atoms with Gasteiger partial charge >= 0.3 is 0 Å². The average Bonchev–Trinajstić information content (AvgIpc) is 2.87. The molecular weight excluding hydrogens is 368 g/mol. The van der Waals surface area contributed by atoms with Crippen molar-refractivity contribution in [1.82, 2.24) is 0 Å². The van der Waals surface area contributed by atoms with Gasteiger partial charge in [-0.15, -0.1) is 11.3 Å². The zero-order chi connectivity index (χ0) is 19.3. The number of likely N-dealkylation sites (tertiary alicyclic amines) is 1. The van der Waals surface area contributed by atoms with Crippen LogP contribution in [0, 0.1) is 0 Å². The number of benzene rings is 1. The number of anilines is 1. The molecule has 0 radical (unpaired) electrons. The van der Waals surface area contributed by atoms with Crippen molar-refractivity contribution in [2.75, 3.05) is 25.0 Å². The summed E-state index contributed by atoms with van der Waals surface area (Å²) in [6.07, 6.45) is 9.19. The molecule has 1 aromatic carbocycles. The van der Waals surface area contributed by atoms with E-state index in [1.807, 2.05) is 30.3 Å². The zero-order valence-corrected chi connectivity index (χ0v) is 17.2. The third kappa shape index (κ3) is 4.36. The second-order valence-corrected chi connectivity index (χ2v) is 9.10. The van der Waals surface area contributed by atoms with Crippen LogP contribution in [-0.4, -0.2) is 31.3 Å². The number of nitrogens with one attached hydrogen (secondary N) is 2. The van der Waals surface area contributed by atoms with Gasteiger partial charge in [0.05, 0.1) is 18.7 Å². The van der Waals surface area contributed by atoms with Crippen molar-refractivity contribution in [3.63, 3.8) is 0 Å². The van der Waals surface area contributed by atoms with E-state index in [4.69, 9.17) is 0 Å². The molecule has 0 spiro atoms. The number of ketones is 1. The predicted molar refractivity (Wildman–Crippen MR) is 113 cm³/mol. The van der Waals surface area contributed by atoms with E-state index >= 15 is 0 Å². The smallest absolute Gasteiger partial charge is 0.280 e. The van der Waals surface area contributed by atoms with Gasteiger partial charge in [0.15, 0.2) is 12.3 Å². The van der Waals surface area contributed by atoms with E-state index in [1.165, 1.54) is 41.0 Å². The molecule has 0 saturated carbocycles. The Kier molecular flexibility index (Phi) is 6.23. The summed E-state index contributed by atoms with van der Waals surface area (Å²) in [5, 5.41) is 3.89. The van der Waals surface area contributed by atoms with Crippen LogP contribution in [-0.2, 0) is 17.6 Å². The molecule has 2 heterocycles. The Labute approximate surface area is 170 Å². The van der Waals surface area contributed by atoms with Crippen molar-refractivity contribution in [3.05, 3.63) is 51.9 Å². The number of aryl methyl sites for hydroxylation is 1. The Balaban J connectivity index is 1.57. The predicted octanol–water partition coefficient (Wildman–Crippen LogP) is 3.26. The molecule has 148 valence electrons. The molecule has 1 saturated heterocycles. The molecule has 4 rings (SSSR count). The molecule has 2 aliphatic rings. The topological polar surface area (TPSA) is 50.6 Å². The van der Waals surface area contributed by atoms with Crippen molar-refractivity contribution in [1.29, 1.82) is 0 Å². The van der Waals surface area contributed by atoms with Crippen molar-refractivity contribution >= 4 is 28.0 Å². The van der Waals surface area contributed by atoms with Gasteiger partial charge in [-0.05, 0) is 56.9 Å². The van der Waals surface area contributed by atoms with E-state index in [1.54, 1.807) is 11.3 Å². The van der Waals surface area contributed by atoms with Crippen LogP contribution < -0.4 is 10.2 Å². The molecule has 1 amide bonds. The van der Waals surface area contributed by atoms with Gasteiger partial charge in [0.1, 0.15) is 5.00 Å². The first kappa shape index (κ1) is 19.3. The summed E-state index contributed by atoms with van der Waals surface area (Å²) in [4.78, 5) is 28.7. The standard InChI is InChI=1S/C23H28N2O2S/c26-20(16-25-14-8-1-2-9-15-25)24-23-21(18-12-6-7-13-19(18)28-23)22(27)17-10-4-3-5-11-17/h3-5,10-11H,1-2,6-9,12-16H2,(H,24,26)/p+1. The number of carbonyl (C=O) groups is 2. The fourth-order valence-electron chi connectivity index (χ4n) is 4.43. The maximum absolute atomic E-state index is 13.3. The van der Waals surface area contributed by atoms with Crippen molar-refractivity contribution in [2.24, 2.45) is 0 Å². The maximum atomic E-state index is 13.3. The normalized spacial score (nSPS) is 17.6. The highest BCUT2D eigenvalue weighted by atomic mass is 32.1. The van der Waals surface area contributed by atoms with Crippen molar-refractivity contribution in [2.45, 2.75) is 51.4 Å². The molecule has 4 nitrogen and oxygen atoms in total. The fraction of sp³-hybridized carbons (Fsp3) is 0.478. The minimum atomic E-state index is 0.0393. The van der Waals surface area contributed by atoms with Gasteiger partial charge in [0.2, 0.25) is 0 Å². The van der Waals surface area contributed by atoms with Crippen LogP contribution in [0.5, 0.6) is 0 Å². The lowest BCUT2D eigenvalue weighted by Crippen LogP contribution is -3.12.